The van der Waals surface area contributed by atoms with Gasteiger partial charge >= 0.3 is 0 Å². The number of fused-ring (bicyclic) bond motifs is 1. The maximum atomic E-state index is 12.4. The van der Waals surface area contributed by atoms with Crippen molar-refractivity contribution in [2.45, 2.75) is 19.4 Å². The van der Waals surface area contributed by atoms with Crippen LogP contribution in [0.4, 0.5) is 11.4 Å². The van der Waals surface area contributed by atoms with Gasteiger partial charge in [0.05, 0.1) is 12.1 Å². The lowest BCUT2D eigenvalue weighted by Gasteiger charge is -2.25. The third-order valence-corrected chi connectivity index (χ3v) is 4.08. The van der Waals surface area contributed by atoms with Crippen LogP contribution in [0, 0.1) is 6.92 Å². The maximum Gasteiger partial charge on any atom is 0.266 e. The van der Waals surface area contributed by atoms with Gasteiger partial charge in [-0.2, -0.15) is 5.10 Å². The number of benzene rings is 2. The van der Waals surface area contributed by atoms with Crippen LogP contribution in [-0.2, 0) is 9.59 Å². The van der Waals surface area contributed by atoms with Gasteiger partial charge in [-0.05, 0) is 31.2 Å². The van der Waals surface area contributed by atoms with E-state index in [-0.39, 0.29) is 18.2 Å². The number of carbonyl (C=O) groups excluding carboxylic acids is 2. The second kappa shape index (κ2) is 6.91. The Hall–Kier alpha value is -3.68. The minimum absolute atomic E-state index is 0.0931. The Morgan fingerprint density at radius 1 is 1.22 bits per heavy atom. The Morgan fingerprint density at radius 2 is 2.07 bits per heavy atom. The van der Waals surface area contributed by atoms with Gasteiger partial charge < -0.3 is 15.4 Å². The summed E-state index contributed by atoms with van der Waals surface area (Å²) in [5.41, 5.74) is 1.97. The maximum absolute atomic E-state index is 12.4. The van der Waals surface area contributed by atoms with E-state index < -0.39 is 6.10 Å². The molecule has 2 aromatic carbocycles. The predicted octanol–water partition coefficient (Wildman–Crippen LogP) is 2.51. The minimum atomic E-state index is -0.876. The van der Waals surface area contributed by atoms with E-state index in [1.54, 1.807) is 36.4 Å². The van der Waals surface area contributed by atoms with Crippen LogP contribution in [-0.4, -0.2) is 33.1 Å². The van der Waals surface area contributed by atoms with E-state index in [4.69, 9.17) is 4.74 Å². The number of hydrogen-bond acceptors (Lipinski definition) is 5. The molecule has 1 aliphatic heterocycles. The standard InChI is InChI=1S/C19H17N5O3/c1-11-20-18(24-23-11)12-5-4-6-13(9-12)21-17(25)10-16-19(26)22-14-7-2-3-8-15(14)27-16/h2-9,16H,10H2,1H3,(H,21,25)(H,22,26)(H,20,23,24). The zero-order chi connectivity index (χ0) is 18.8. The molecule has 8 nitrogen and oxygen atoms in total. The molecule has 0 saturated carbocycles. The van der Waals surface area contributed by atoms with E-state index in [1.165, 1.54) is 0 Å². The number of rotatable bonds is 4. The van der Waals surface area contributed by atoms with Crippen molar-refractivity contribution >= 4 is 23.2 Å². The summed E-state index contributed by atoms with van der Waals surface area (Å²) < 4.78 is 5.65. The summed E-state index contributed by atoms with van der Waals surface area (Å²) >= 11 is 0. The molecular formula is C19H17N5O3. The average molecular weight is 363 g/mol. The van der Waals surface area contributed by atoms with Crippen molar-refractivity contribution in [3.63, 3.8) is 0 Å². The molecule has 1 unspecified atom stereocenters. The first-order valence-electron chi connectivity index (χ1n) is 8.44. The summed E-state index contributed by atoms with van der Waals surface area (Å²) in [7, 11) is 0. The fraction of sp³-hybridized carbons (Fsp3) is 0.158. The lowest BCUT2D eigenvalue weighted by Crippen LogP contribution is -2.39. The highest BCUT2D eigenvalue weighted by atomic mass is 16.5. The number of aromatic amines is 1. The molecule has 27 heavy (non-hydrogen) atoms. The third kappa shape index (κ3) is 3.64. The number of anilines is 2. The van der Waals surface area contributed by atoms with Gasteiger partial charge in [-0.25, -0.2) is 4.98 Å². The number of para-hydroxylation sites is 2. The summed E-state index contributed by atoms with van der Waals surface area (Å²) in [5, 5.41) is 12.4. The van der Waals surface area contributed by atoms with Gasteiger partial charge in [0, 0.05) is 11.3 Å². The van der Waals surface area contributed by atoms with Crippen LogP contribution in [0.2, 0.25) is 0 Å². The predicted molar refractivity (Wildman–Crippen MR) is 99.3 cm³/mol. The quantitative estimate of drug-likeness (QED) is 0.660. The zero-order valence-corrected chi connectivity index (χ0v) is 14.5. The van der Waals surface area contributed by atoms with Crippen LogP contribution in [0.3, 0.4) is 0 Å². The summed E-state index contributed by atoms with van der Waals surface area (Å²) in [5.74, 6) is 1.15. The molecule has 3 N–H and O–H groups in total. The van der Waals surface area contributed by atoms with E-state index in [1.807, 2.05) is 19.1 Å². The number of carbonyl (C=O) groups is 2. The van der Waals surface area contributed by atoms with Gasteiger partial charge in [0.2, 0.25) is 5.91 Å². The summed E-state index contributed by atoms with van der Waals surface area (Å²) in [6, 6.07) is 14.3. The Kier molecular flexibility index (Phi) is 4.29. The molecule has 4 rings (SSSR count). The van der Waals surface area contributed by atoms with Crippen molar-refractivity contribution in [1.29, 1.82) is 0 Å². The molecule has 2 heterocycles. The lowest BCUT2D eigenvalue weighted by atomic mass is 10.1. The van der Waals surface area contributed by atoms with E-state index in [9.17, 15) is 9.59 Å². The molecule has 1 aromatic heterocycles. The molecule has 0 saturated heterocycles. The largest absolute Gasteiger partial charge is 0.478 e. The van der Waals surface area contributed by atoms with Crippen LogP contribution >= 0.6 is 0 Å². The van der Waals surface area contributed by atoms with Crippen LogP contribution in [0.25, 0.3) is 11.4 Å². The van der Waals surface area contributed by atoms with Gasteiger partial charge in [-0.15, -0.1) is 0 Å². The number of ether oxygens (including phenoxy) is 1. The smallest absolute Gasteiger partial charge is 0.266 e. The molecule has 2 amide bonds. The molecule has 0 radical (unpaired) electrons. The summed E-state index contributed by atoms with van der Waals surface area (Å²) in [6.07, 6.45) is -0.969. The second-order valence-electron chi connectivity index (χ2n) is 6.17. The monoisotopic (exact) mass is 363 g/mol. The van der Waals surface area contributed by atoms with Crippen molar-refractivity contribution in [2.24, 2.45) is 0 Å². The van der Waals surface area contributed by atoms with Crippen molar-refractivity contribution in [2.75, 3.05) is 10.6 Å². The number of hydrogen-bond donors (Lipinski definition) is 3. The van der Waals surface area contributed by atoms with E-state index >= 15 is 0 Å². The number of amides is 2. The van der Waals surface area contributed by atoms with Crippen LogP contribution < -0.4 is 15.4 Å². The molecule has 3 aromatic rings. The van der Waals surface area contributed by atoms with Crippen molar-refractivity contribution in [3.8, 4) is 17.1 Å². The SMILES string of the molecule is Cc1nc(-c2cccc(NC(=O)CC3Oc4ccccc4NC3=O)c2)n[nH]1. The number of aryl methyl sites for hydroxylation is 1. The fourth-order valence-corrected chi connectivity index (χ4v) is 2.82. The highest BCUT2D eigenvalue weighted by Crippen LogP contribution is 2.29. The van der Waals surface area contributed by atoms with Crippen molar-refractivity contribution in [1.82, 2.24) is 15.2 Å². The normalized spacial score (nSPS) is 15.4. The van der Waals surface area contributed by atoms with Crippen molar-refractivity contribution in [3.05, 3.63) is 54.4 Å². The summed E-state index contributed by atoms with van der Waals surface area (Å²) in [4.78, 5) is 28.8. The molecule has 136 valence electrons. The van der Waals surface area contributed by atoms with Crippen LogP contribution in [0.5, 0.6) is 5.75 Å². The van der Waals surface area contributed by atoms with E-state index in [0.717, 1.165) is 5.56 Å². The molecule has 0 spiro atoms. The van der Waals surface area contributed by atoms with Gasteiger partial charge in [-0.1, -0.05) is 24.3 Å². The fourth-order valence-electron chi connectivity index (χ4n) is 2.82. The Balaban J connectivity index is 1.43. The number of nitrogens with one attached hydrogen (secondary N) is 3. The van der Waals surface area contributed by atoms with Crippen LogP contribution in [0.1, 0.15) is 12.2 Å². The Labute approximate surface area is 155 Å². The van der Waals surface area contributed by atoms with Gasteiger partial charge in [0.25, 0.3) is 5.91 Å². The number of aromatic nitrogens is 3. The highest BCUT2D eigenvalue weighted by molar-refractivity contribution is 6.02. The molecule has 0 aliphatic carbocycles. The second-order valence-corrected chi connectivity index (χ2v) is 6.17. The van der Waals surface area contributed by atoms with E-state index in [2.05, 4.69) is 25.8 Å². The Bertz CT molecular complexity index is 1010. The minimum Gasteiger partial charge on any atom is -0.478 e. The highest BCUT2D eigenvalue weighted by Gasteiger charge is 2.29. The topological polar surface area (TPSA) is 109 Å². The first-order chi connectivity index (χ1) is 13.1. The molecule has 1 aliphatic rings. The Morgan fingerprint density at radius 3 is 2.89 bits per heavy atom. The molecule has 0 bridgehead atoms. The van der Waals surface area contributed by atoms with Gasteiger partial charge in [0.1, 0.15) is 11.6 Å². The molecule has 0 fully saturated rings. The molecule has 8 heteroatoms. The first kappa shape index (κ1) is 16.8. The molecule has 1 atom stereocenters. The van der Waals surface area contributed by atoms with Crippen molar-refractivity contribution < 1.29 is 14.3 Å². The van der Waals surface area contributed by atoms with Gasteiger partial charge in [-0.3, -0.25) is 14.7 Å². The summed E-state index contributed by atoms with van der Waals surface area (Å²) in [6.45, 7) is 1.81. The van der Waals surface area contributed by atoms with Gasteiger partial charge in [0.15, 0.2) is 11.9 Å². The molecular weight excluding hydrogens is 346 g/mol. The third-order valence-electron chi connectivity index (χ3n) is 4.08. The first-order valence-corrected chi connectivity index (χ1v) is 8.44. The average Bonchev–Trinajstić information content (AvgIpc) is 3.09. The number of H-pyrrole nitrogens is 1. The lowest BCUT2D eigenvalue weighted by molar-refractivity contribution is -0.128. The van der Waals surface area contributed by atoms with E-state index in [0.29, 0.717) is 28.8 Å². The van der Waals surface area contributed by atoms with Crippen LogP contribution in [0.15, 0.2) is 48.5 Å². The zero-order valence-electron chi connectivity index (χ0n) is 14.5. The number of nitrogens with zero attached hydrogens (tertiary/aromatic N) is 2.